The third kappa shape index (κ3) is 2.87. The first-order chi connectivity index (χ1) is 6.13. The van der Waals surface area contributed by atoms with Crippen molar-refractivity contribution in [2.24, 2.45) is 17.8 Å². The van der Waals surface area contributed by atoms with Gasteiger partial charge in [-0.25, -0.2) is 0 Å². The van der Waals surface area contributed by atoms with Gasteiger partial charge in [-0.1, -0.05) is 26.0 Å². The number of aliphatic carboxylic acids is 1. The van der Waals surface area contributed by atoms with Crippen LogP contribution in [0.2, 0.25) is 0 Å². The molecule has 0 aliphatic heterocycles. The van der Waals surface area contributed by atoms with E-state index in [9.17, 15) is 4.79 Å². The summed E-state index contributed by atoms with van der Waals surface area (Å²) in [6.07, 6.45) is 7.94. The van der Waals surface area contributed by atoms with Crippen molar-refractivity contribution < 1.29 is 9.90 Å². The molecule has 1 N–H and O–H groups in total. The third-order valence-electron chi connectivity index (χ3n) is 2.91. The lowest BCUT2D eigenvalue weighted by Crippen LogP contribution is -1.99. The Balaban J connectivity index is 0.000000149. The maximum Gasteiger partial charge on any atom is 0.303 e. The molecule has 3 atom stereocenters. The van der Waals surface area contributed by atoms with Crippen LogP contribution < -0.4 is 0 Å². The SMILES string of the molecule is CC1CC2C=CC1C2.CCC(=O)O. The fourth-order valence-corrected chi connectivity index (χ4v) is 2.06. The van der Waals surface area contributed by atoms with Crippen molar-refractivity contribution in [3.63, 3.8) is 0 Å². The zero-order chi connectivity index (χ0) is 9.84. The summed E-state index contributed by atoms with van der Waals surface area (Å²) in [5.41, 5.74) is 0. The van der Waals surface area contributed by atoms with E-state index in [1.165, 1.54) is 12.8 Å². The second kappa shape index (κ2) is 4.45. The van der Waals surface area contributed by atoms with Gasteiger partial charge in [-0.2, -0.15) is 0 Å². The van der Waals surface area contributed by atoms with Gasteiger partial charge in [0.05, 0.1) is 0 Å². The van der Waals surface area contributed by atoms with Crippen molar-refractivity contribution >= 4 is 5.97 Å². The molecule has 0 saturated heterocycles. The summed E-state index contributed by atoms with van der Waals surface area (Å²) in [4.78, 5) is 9.37. The highest BCUT2D eigenvalue weighted by atomic mass is 16.4. The molecule has 0 aromatic heterocycles. The highest BCUT2D eigenvalue weighted by Gasteiger charge is 2.32. The maximum atomic E-state index is 9.37. The predicted octanol–water partition coefficient (Wildman–Crippen LogP) is 2.70. The molecule has 2 nitrogen and oxygen atoms in total. The summed E-state index contributed by atoms with van der Waals surface area (Å²) in [5.74, 6) is 2.17. The van der Waals surface area contributed by atoms with Crippen molar-refractivity contribution in [1.29, 1.82) is 0 Å². The summed E-state index contributed by atoms with van der Waals surface area (Å²) in [7, 11) is 0. The molecule has 2 bridgehead atoms. The Labute approximate surface area is 79.6 Å². The van der Waals surface area contributed by atoms with Crippen LogP contribution in [0.3, 0.4) is 0 Å². The summed E-state index contributed by atoms with van der Waals surface area (Å²) in [6, 6.07) is 0. The van der Waals surface area contributed by atoms with E-state index in [1.807, 2.05) is 0 Å². The number of carbonyl (C=O) groups is 1. The van der Waals surface area contributed by atoms with E-state index >= 15 is 0 Å². The Morgan fingerprint density at radius 1 is 1.46 bits per heavy atom. The number of carboxylic acid groups (broad SMARTS) is 1. The van der Waals surface area contributed by atoms with E-state index in [-0.39, 0.29) is 6.42 Å². The molecule has 2 aliphatic rings. The van der Waals surface area contributed by atoms with Gasteiger partial charge in [0, 0.05) is 6.42 Å². The zero-order valence-electron chi connectivity index (χ0n) is 8.36. The number of rotatable bonds is 1. The lowest BCUT2D eigenvalue weighted by atomic mass is 9.96. The van der Waals surface area contributed by atoms with Gasteiger partial charge in [-0.05, 0) is 30.6 Å². The average Bonchev–Trinajstić information content (AvgIpc) is 2.65. The molecular weight excluding hydrogens is 164 g/mol. The Morgan fingerprint density at radius 2 is 2.08 bits per heavy atom. The van der Waals surface area contributed by atoms with Crippen molar-refractivity contribution in [1.82, 2.24) is 0 Å². The number of allylic oxidation sites excluding steroid dienone is 2. The van der Waals surface area contributed by atoms with E-state index < -0.39 is 5.97 Å². The van der Waals surface area contributed by atoms with Crippen LogP contribution in [-0.2, 0) is 4.79 Å². The van der Waals surface area contributed by atoms with Gasteiger partial charge >= 0.3 is 5.97 Å². The summed E-state index contributed by atoms with van der Waals surface area (Å²) < 4.78 is 0. The van der Waals surface area contributed by atoms with E-state index in [0.717, 1.165) is 17.8 Å². The molecule has 1 saturated carbocycles. The van der Waals surface area contributed by atoms with E-state index in [0.29, 0.717) is 0 Å². The Kier molecular flexibility index (Phi) is 3.52. The Bertz CT molecular complexity index is 208. The quantitative estimate of drug-likeness (QED) is 0.633. The molecule has 0 amide bonds. The molecular formula is C11H18O2. The average molecular weight is 182 g/mol. The van der Waals surface area contributed by atoms with Crippen molar-refractivity contribution in [3.05, 3.63) is 12.2 Å². The minimum atomic E-state index is -0.745. The molecule has 0 radical (unpaired) electrons. The van der Waals surface area contributed by atoms with Gasteiger partial charge in [0.15, 0.2) is 0 Å². The van der Waals surface area contributed by atoms with E-state index in [4.69, 9.17) is 5.11 Å². The smallest absolute Gasteiger partial charge is 0.303 e. The molecule has 3 unspecified atom stereocenters. The van der Waals surface area contributed by atoms with Crippen molar-refractivity contribution in [2.45, 2.75) is 33.1 Å². The molecule has 1 fully saturated rings. The largest absolute Gasteiger partial charge is 0.481 e. The molecule has 74 valence electrons. The van der Waals surface area contributed by atoms with Crippen LogP contribution in [0.4, 0.5) is 0 Å². The van der Waals surface area contributed by atoms with Gasteiger partial charge in [0.1, 0.15) is 0 Å². The summed E-state index contributed by atoms with van der Waals surface area (Å²) >= 11 is 0. The third-order valence-corrected chi connectivity index (χ3v) is 2.91. The number of hydrogen-bond donors (Lipinski definition) is 1. The highest BCUT2D eigenvalue weighted by Crippen LogP contribution is 2.42. The van der Waals surface area contributed by atoms with Crippen molar-refractivity contribution in [2.75, 3.05) is 0 Å². The number of fused-ring (bicyclic) bond motifs is 2. The molecule has 2 rings (SSSR count). The zero-order valence-corrected chi connectivity index (χ0v) is 8.36. The monoisotopic (exact) mass is 182 g/mol. The fraction of sp³-hybridized carbons (Fsp3) is 0.727. The van der Waals surface area contributed by atoms with Crippen LogP contribution in [0, 0.1) is 17.8 Å². The first-order valence-corrected chi connectivity index (χ1v) is 5.03. The Hall–Kier alpha value is -0.790. The van der Waals surface area contributed by atoms with Gasteiger partial charge < -0.3 is 5.11 Å². The van der Waals surface area contributed by atoms with E-state index in [2.05, 4.69) is 19.1 Å². The minimum Gasteiger partial charge on any atom is -0.481 e. The predicted molar refractivity (Wildman–Crippen MR) is 52.4 cm³/mol. The summed E-state index contributed by atoms with van der Waals surface area (Å²) in [6.45, 7) is 3.97. The van der Waals surface area contributed by atoms with Crippen molar-refractivity contribution in [3.8, 4) is 0 Å². The molecule has 0 aromatic rings. The number of carboxylic acids is 1. The standard InChI is InChI=1S/C8H12.C3H6O2/c1-6-4-7-2-3-8(6)5-7;1-2-3(4)5/h2-3,6-8H,4-5H2,1H3;2H2,1H3,(H,4,5). The second-order valence-electron chi connectivity index (χ2n) is 4.00. The van der Waals surface area contributed by atoms with E-state index in [1.54, 1.807) is 6.92 Å². The molecule has 2 aliphatic carbocycles. The first-order valence-electron chi connectivity index (χ1n) is 5.03. The van der Waals surface area contributed by atoms with Crippen LogP contribution in [-0.4, -0.2) is 11.1 Å². The van der Waals surface area contributed by atoms with Crippen LogP contribution >= 0.6 is 0 Å². The molecule has 0 heterocycles. The minimum absolute atomic E-state index is 0.222. The topological polar surface area (TPSA) is 37.3 Å². The van der Waals surface area contributed by atoms with Crippen LogP contribution in [0.15, 0.2) is 12.2 Å². The maximum absolute atomic E-state index is 9.37. The van der Waals surface area contributed by atoms with Gasteiger partial charge in [-0.15, -0.1) is 0 Å². The van der Waals surface area contributed by atoms with Gasteiger partial charge in [0.25, 0.3) is 0 Å². The lowest BCUT2D eigenvalue weighted by molar-refractivity contribution is -0.136. The normalized spacial score (nSPS) is 34.2. The summed E-state index contributed by atoms with van der Waals surface area (Å²) in [5, 5.41) is 7.72. The van der Waals surface area contributed by atoms with Crippen LogP contribution in [0.1, 0.15) is 33.1 Å². The Morgan fingerprint density at radius 3 is 2.23 bits per heavy atom. The molecule has 13 heavy (non-hydrogen) atoms. The molecule has 2 heteroatoms. The molecule has 0 spiro atoms. The first kappa shape index (κ1) is 10.3. The number of hydrogen-bond acceptors (Lipinski definition) is 1. The fourth-order valence-electron chi connectivity index (χ4n) is 2.06. The highest BCUT2D eigenvalue weighted by molar-refractivity contribution is 5.66. The van der Waals surface area contributed by atoms with Crippen LogP contribution in [0.5, 0.6) is 0 Å². The lowest BCUT2D eigenvalue weighted by Gasteiger charge is -2.09. The van der Waals surface area contributed by atoms with Crippen LogP contribution in [0.25, 0.3) is 0 Å². The molecule has 0 aromatic carbocycles. The van der Waals surface area contributed by atoms with Gasteiger partial charge in [0.2, 0.25) is 0 Å². The van der Waals surface area contributed by atoms with Gasteiger partial charge in [-0.3, -0.25) is 4.79 Å². The second-order valence-corrected chi connectivity index (χ2v) is 4.00.